The van der Waals surface area contributed by atoms with Crippen LogP contribution in [-0.4, -0.2) is 4.98 Å². The van der Waals surface area contributed by atoms with Gasteiger partial charge in [0.15, 0.2) is 0 Å². The van der Waals surface area contributed by atoms with E-state index in [0.29, 0.717) is 5.69 Å². The molecule has 1 aromatic rings. The molecule has 12 heavy (non-hydrogen) atoms. The maximum Gasteiger partial charge on any atom is 0.267 e. The second-order valence-electron chi connectivity index (χ2n) is 2.25. The number of aryl methyl sites for hydroxylation is 1. The van der Waals surface area contributed by atoms with Gasteiger partial charge in [0.25, 0.3) is 6.43 Å². The van der Waals surface area contributed by atoms with E-state index in [4.69, 9.17) is 11.6 Å². The van der Waals surface area contributed by atoms with Crippen LogP contribution >= 0.6 is 27.5 Å². The molecule has 0 radical (unpaired) electrons. The molecule has 0 bridgehead atoms. The van der Waals surface area contributed by atoms with Gasteiger partial charge in [-0.25, -0.2) is 13.8 Å². The highest BCUT2D eigenvalue weighted by Crippen LogP contribution is 2.32. The highest BCUT2D eigenvalue weighted by Gasteiger charge is 2.17. The lowest BCUT2D eigenvalue weighted by atomic mass is 10.2. The van der Waals surface area contributed by atoms with Gasteiger partial charge >= 0.3 is 0 Å². The first kappa shape index (κ1) is 9.86. The lowest BCUT2D eigenvalue weighted by Gasteiger charge is -2.05. The third-order valence-corrected chi connectivity index (χ3v) is 2.23. The molecule has 1 nitrogen and oxygen atoms in total. The van der Waals surface area contributed by atoms with Crippen LogP contribution in [0.3, 0.4) is 0 Å². The number of halogens is 4. The minimum atomic E-state index is -2.60. The molecular formula is C7H5BrClF2N. The third-order valence-electron chi connectivity index (χ3n) is 1.31. The Balaban J connectivity index is 3.28. The SMILES string of the molecule is Cc1cc(Cl)c(C(F)F)c(Br)n1. The molecule has 0 aliphatic carbocycles. The molecule has 0 unspecified atom stereocenters. The Morgan fingerprint density at radius 2 is 2.17 bits per heavy atom. The van der Waals surface area contributed by atoms with Crippen molar-refractivity contribution in [3.63, 3.8) is 0 Å². The van der Waals surface area contributed by atoms with Gasteiger partial charge in [0.05, 0.1) is 10.6 Å². The maximum atomic E-state index is 12.3. The van der Waals surface area contributed by atoms with Crippen molar-refractivity contribution in [2.24, 2.45) is 0 Å². The number of nitrogens with zero attached hydrogens (tertiary/aromatic N) is 1. The van der Waals surface area contributed by atoms with Crippen LogP contribution in [0, 0.1) is 6.92 Å². The molecule has 0 fully saturated rings. The normalized spacial score (nSPS) is 10.8. The number of rotatable bonds is 1. The summed E-state index contributed by atoms with van der Waals surface area (Å²) in [6.45, 7) is 1.69. The third kappa shape index (κ3) is 1.93. The summed E-state index contributed by atoms with van der Waals surface area (Å²) < 4.78 is 24.6. The average Bonchev–Trinajstić information content (AvgIpc) is 1.82. The predicted octanol–water partition coefficient (Wildman–Crippen LogP) is 3.74. The molecule has 0 N–H and O–H groups in total. The van der Waals surface area contributed by atoms with Crippen molar-refractivity contribution in [1.29, 1.82) is 0 Å². The molecule has 0 spiro atoms. The van der Waals surface area contributed by atoms with Crippen LogP contribution < -0.4 is 0 Å². The Labute approximate surface area is 81.9 Å². The van der Waals surface area contributed by atoms with Crippen LogP contribution in [0.1, 0.15) is 17.7 Å². The standard InChI is InChI=1S/C7H5BrClF2N/c1-3-2-4(9)5(7(10)11)6(8)12-3/h2,7H,1H3. The van der Waals surface area contributed by atoms with Crippen molar-refractivity contribution < 1.29 is 8.78 Å². The van der Waals surface area contributed by atoms with Gasteiger partial charge in [0.1, 0.15) is 4.60 Å². The quantitative estimate of drug-likeness (QED) is 0.698. The first-order chi connectivity index (χ1) is 5.52. The van der Waals surface area contributed by atoms with E-state index < -0.39 is 6.43 Å². The molecule has 1 aromatic heterocycles. The van der Waals surface area contributed by atoms with Crippen molar-refractivity contribution in [2.45, 2.75) is 13.3 Å². The van der Waals surface area contributed by atoms with Crippen LogP contribution in [0.2, 0.25) is 5.02 Å². The molecule has 0 saturated heterocycles. The zero-order chi connectivity index (χ0) is 9.30. The van der Waals surface area contributed by atoms with Crippen LogP contribution in [0.4, 0.5) is 8.78 Å². The second-order valence-corrected chi connectivity index (χ2v) is 3.41. The van der Waals surface area contributed by atoms with E-state index in [-0.39, 0.29) is 15.2 Å². The topological polar surface area (TPSA) is 12.9 Å². The minimum Gasteiger partial charge on any atom is -0.246 e. The van der Waals surface area contributed by atoms with E-state index in [1.54, 1.807) is 6.92 Å². The van der Waals surface area contributed by atoms with Gasteiger partial charge in [-0.15, -0.1) is 0 Å². The Hall–Kier alpha value is -0.220. The van der Waals surface area contributed by atoms with Gasteiger partial charge in [-0.1, -0.05) is 11.6 Å². The van der Waals surface area contributed by atoms with E-state index in [1.807, 2.05) is 0 Å². The summed E-state index contributed by atoms with van der Waals surface area (Å²) in [5.74, 6) is 0. The predicted molar refractivity (Wildman–Crippen MR) is 46.6 cm³/mol. The Morgan fingerprint density at radius 1 is 1.58 bits per heavy atom. The molecule has 0 atom stereocenters. The molecular weight excluding hydrogens is 251 g/mol. The van der Waals surface area contributed by atoms with Crippen LogP contribution in [0.25, 0.3) is 0 Å². The van der Waals surface area contributed by atoms with Crippen molar-refractivity contribution >= 4 is 27.5 Å². The molecule has 66 valence electrons. The highest BCUT2D eigenvalue weighted by atomic mass is 79.9. The zero-order valence-corrected chi connectivity index (χ0v) is 8.46. The fourth-order valence-corrected chi connectivity index (χ4v) is 1.91. The Bertz CT molecular complexity index is 280. The summed E-state index contributed by atoms with van der Waals surface area (Å²) in [6.07, 6.45) is -2.60. The van der Waals surface area contributed by atoms with Crippen molar-refractivity contribution in [3.05, 3.63) is 26.9 Å². The molecule has 1 heterocycles. The van der Waals surface area contributed by atoms with Crippen molar-refractivity contribution in [2.75, 3.05) is 0 Å². The number of aromatic nitrogens is 1. The summed E-state index contributed by atoms with van der Waals surface area (Å²) in [7, 11) is 0. The van der Waals surface area contributed by atoms with Gasteiger partial charge in [-0.05, 0) is 28.9 Å². The van der Waals surface area contributed by atoms with E-state index in [9.17, 15) is 8.78 Å². The monoisotopic (exact) mass is 255 g/mol. The Kier molecular flexibility index (Phi) is 3.01. The van der Waals surface area contributed by atoms with Gasteiger partial charge in [0, 0.05) is 5.69 Å². The summed E-state index contributed by atoms with van der Waals surface area (Å²) in [4.78, 5) is 3.81. The smallest absolute Gasteiger partial charge is 0.246 e. The first-order valence-electron chi connectivity index (χ1n) is 3.13. The largest absolute Gasteiger partial charge is 0.267 e. The number of hydrogen-bond acceptors (Lipinski definition) is 1. The fraction of sp³-hybridized carbons (Fsp3) is 0.286. The van der Waals surface area contributed by atoms with Crippen LogP contribution in [0.5, 0.6) is 0 Å². The fourth-order valence-electron chi connectivity index (χ4n) is 0.801. The lowest BCUT2D eigenvalue weighted by Crippen LogP contribution is -1.93. The van der Waals surface area contributed by atoms with Gasteiger partial charge in [-0.3, -0.25) is 0 Å². The molecule has 0 aromatic carbocycles. The summed E-state index contributed by atoms with van der Waals surface area (Å²) >= 11 is 8.50. The van der Waals surface area contributed by atoms with E-state index in [0.717, 1.165) is 0 Å². The number of pyridine rings is 1. The molecule has 0 saturated carbocycles. The molecule has 0 amide bonds. The lowest BCUT2D eigenvalue weighted by molar-refractivity contribution is 0.150. The maximum absolute atomic E-state index is 12.3. The van der Waals surface area contributed by atoms with E-state index >= 15 is 0 Å². The molecule has 0 aliphatic rings. The van der Waals surface area contributed by atoms with Crippen molar-refractivity contribution in [3.8, 4) is 0 Å². The van der Waals surface area contributed by atoms with Gasteiger partial charge in [-0.2, -0.15) is 0 Å². The zero-order valence-electron chi connectivity index (χ0n) is 6.11. The van der Waals surface area contributed by atoms with E-state index in [1.165, 1.54) is 6.07 Å². The first-order valence-corrected chi connectivity index (χ1v) is 4.30. The summed E-state index contributed by atoms with van der Waals surface area (Å²) in [6, 6.07) is 1.41. The van der Waals surface area contributed by atoms with Crippen LogP contribution in [0.15, 0.2) is 10.7 Å². The van der Waals surface area contributed by atoms with Crippen molar-refractivity contribution in [1.82, 2.24) is 4.98 Å². The van der Waals surface area contributed by atoms with Gasteiger partial charge < -0.3 is 0 Å². The molecule has 0 aliphatic heterocycles. The molecule has 1 rings (SSSR count). The number of hydrogen-bond donors (Lipinski definition) is 0. The van der Waals surface area contributed by atoms with E-state index in [2.05, 4.69) is 20.9 Å². The molecule has 5 heteroatoms. The summed E-state index contributed by atoms with van der Waals surface area (Å²) in [5, 5.41) is 0.0457. The van der Waals surface area contributed by atoms with Gasteiger partial charge in [0.2, 0.25) is 0 Å². The van der Waals surface area contributed by atoms with Crippen LogP contribution in [-0.2, 0) is 0 Å². The highest BCUT2D eigenvalue weighted by molar-refractivity contribution is 9.10. The Morgan fingerprint density at radius 3 is 2.58 bits per heavy atom. The number of alkyl halides is 2. The summed E-state index contributed by atoms with van der Waals surface area (Å²) in [5.41, 5.74) is 0.360. The minimum absolute atomic E-state index is 0.0457. The average molecular weight is 256 g/mol. The second kappa shape index (κ2) is 3.66.